The van der Waals surface area contributed by atoms with Gasteiger partial charge in [0.1, 0.15) is 17.3 Å². The number of fused-ring (bicyclic) bond motifs is 1. The van der Waals surface area contributed by atoms with Crippen LogP contribution in [0.15, 0.2) is 30.3 Å². The van der Waals surface area contributed by atoms with E-state index in [2.05, 4.69) is 0 Å². The van der Waals surface area contributed by atoms with Crippen LogP contribution in [0.3, 0.4) is 0 Å². The Morgan fingerprint density at radius 3 is 2.37 bits per heavy atom. The molecule has 1 aliphatic rings. The van der Waals surface area contributed by atoms with Crippen LogP contribution in [0.4, 0.5) is 4.39 Å². The molecule has 0 fully saturated rings. The maximum atomic E-state index is 13.7. The molecule has 0 heterocycles. The minimum Gasteiger partial charge on any atom is -0.457 e. The molecule has 0 atom stereocenters. The second-order valence-corrected chi connectivity index (χ2v) is 5.18. The Bertz CT molecular complexity index is 611. The molecule has 19 heavy (non-hydrogen) atoms. The average Bonchev–Trinajstić information content (AvgIpc) is 2.87. The van der Waals surface area contributed by atoms with Crippen LogP contribution in [-0.4, -0.2) is 0 Å². The topological polar surface area (TPSA) is 9.23 Å². The zero-order valence-corrected chi connectivity index (χ0v) is 11.3. The Morgan fingerprint density at radius 1 is 0.947 bits per heavy atom. The predicted octanol–water partition coefficient (Wildman–Crippen LogP) is 4.72. The Hall–Kier alpha value is -1.83. The van der Waals surface area contributed by atoms with Crippen molar-refractivity contribution in [2.75, 3.05) is 0 Å². The summed E-state index contributed by atoms with van der Waals surface area (Å²) in [5.74, 6) is 1.61. The second-order valence-electron chi connectivity index (χ2n) is 5.18. The minimum atomic E-state index is -0.0960. The minimum absolute atomic E-state index is 0.0960. The maximum Gasteiger partial charge on any atom is 0.133 e. The van der Waals surface area contributed by atoms with Gasteiger partial charge < -0.3 is 4.74 Å². The van der Waals surface area contributed by atoms with Gasteiger partial charge in [-0.2, -0.15) is 0 Å². The molecule has 0 bridgehead atoms. The monoisotopic (exact) mass is 256 g/mol. The highest BCUT2D eigenvalue weighted by Gasteiger charge is 2.20. The van der Waals surface area contributed by atoms with Crippen molar-refractivity contribution < 1.29 is 9.13 Å². The van der Waals surface area contributed by atoms with E-state index in [1.807, 2.05) is 32.0 Å². The number of halogens is 1. The molecule has 0 unspecified atom stereocenters. The van der Waals surface area contributed by atoms with Crippen LogP contribution in [0.5, 0.6) is 11.5 Å². The molecule has 0 aromatic heterocycles. The second kappa shape index (κ2) is 4.69. The number of para-hydroxylation sites is 1. The number of rotatable bonds is 2. The first-order valence-corrected chi connectivity index (χ1v) is 6.71. The molecule has 1 aliphatic carbocycles. The van der Waals surface area contributed by atoms with Crippen molar-refractivity contribution in [3.8, 4) is 11.5 Å². The third-order valence-corrected chi connectivity index (χ3v) is 3.81. The zero-order valence-electron chi connectivity index (χ0n) is 11.3. The summed E-state index contributed by atoms with van der Waals surface area (Å²) in [5.41, 5.74) is 4.10. The molecule has 0 N–H and O–H groups in total. The van der Waals surface area contributed by atoms with E-state index in [1.165, 1.54) is 6.07 Å². The SMILES string of the molecule is Cc1cccc(C)c1Oc1ccc(F)c2c1CCC2. The first-order chi connectivity index (χ1) is 9.16. The molecule has 2 aromatic carbocycles. The normalized spacial score (nSPS) is 13.4. The van der Waals surface area contributed by atoms with Crippen LogP contribution in [0.2, 0.25) is 0 Å². The summed E-state index contributed by atoms with van der Waals surface area (Å²) in [7, 11) is 0. The Labute approximate surface area is 113 Å². The van der Waals surface area contributed by atoms with E-state index in [-0.39, 0.29) is 5.82 Å². The predicted molar refractivity (Wildman–Crippen MR) is 74.4 cm³/mol. The van der Waals surface area contributed by atoms with Crippen LogP contribution >= 0.6 is 0 Å². The van der Waals surface area contributed by atoms with Gasteiger partial charge in [0.05, 0.1) is 0 Å². The van der Waals surface area contributed by atoms with Crippen LogP contribution < -0.4 is 4.74 Å². The van der Waals surface area contributed by atoms with Crippen molar-refractivity contribution in [2.24, 2.45) is 0 Å². The average molecular weight is 256 g/mol. The van der Waals surface area contributed by atoms with E-state index in [0.29, 0.717) is 0 Å². The Morgan fingerprint density at radius 2 is 1.63 bits per heavy atom. The van der Waals surface area contributed by atoms with E-state index in [0.717, 1.165) is 53.0 Å². The van der Waals surface area contributed by atoms with Crippen LogP contribution in [0.25, 0.3) is 0 Å². The molecule has 0 saturated carbocycles. The molecule has 0 spiro atoms. The van der Waals surface area contributed by atoms with E-state index >= 15 is 0 Å². The lowest BCUT2D eigenvalue weighted by molar-refractivity contribution is 0.467. The number of hydrogen-bond acceptors (Lipinski definition) is 1. The summed E-state index contributed by atoms with van der Waals surface area (Å²) in [6.07, 6.45) is 2.75. The quantitative estimate of drug-likeness (QED) is 0.755. The highest BCUT2D eigenvalue weighted by Crippen LogP contribution is 2.36. The fourth-order valence-corrected chi connectivity index (χ4v) is 2.79. The van der Waals surface area contributed by atoms with Crippen LogP contribution in [0, 0.1) is 19.7 Å². The van der Waals surface area contributed by atoms with Crippen LogP contribution in [0.1, 0.15) is 28.7 Å². The van der Waals surface area contributed by atoms with Gasteiger partial charge in [-0.05, 0) is 61.9 Å². The Kier molecular flexibility index (Phi) is 3.02. The van der Waals surface area contributed by atoms with Gasteiger partial charge in [-0.1, -0.05) is 18.2 Å². The third kappa shape index (κ3) is 2.12. The number of ether oxygens (including phenoxy) is 1. The summed E-state index contributed by atoms with van der Waals surface area (Å²) in [4.78, 5) is 0. The molecule has 0 aliphatic heterocycles. The first kappa shape index (κ1) is 12.2. The van der Waals surface area contributed by atoms with Crippen molar-refractivity contribution >= 4 is 0 Å². The molecule has 98 valence electrons. The van der Waals surface area contributed by atoms with Gasteiger partial charge in [0.15, 0.2) is 0 Å². The number of aryl methyl sites for hydroxylation is 2. The van der Waals surface area contributed by atoms with Crippen LogP contribution in [-0.2, 0) is 12.8 Å². The molecule has 3 rings (SSSR count). The van der Waals surface area contributed by atoms with Gasteiger partial charge in [0, 0.05) is 5.56 Å². The summed E-state index contributed by atoms with van der Waals surface area (Å²) < 4.78 is 19.8. The lowest BCUT2D eigenvalue weighted by Gasteiger charge is -2.14. The fourth-order valence-electron chi connectivity index (χ4n) is 2.79. The summed E-state index contributed by atoms with van der Waals surface area (Å²) in [6.45, 7) is 4.07. The van der Waals surface area contributed by atoms with Gasteiger partial charge in [-0.3, -0.25) is 0 Å². The third-order valence-electron chi connectivity index (χ3n) is 3.81. The molecule has 2 aromatic rings. The summed E-state index contributed by atoms with van der Waals surface area (Å²) in [5, 5.41) is 0. The van der Waals surface area contributed by atoms with Gasteiger partial charge in [-0.25, -0.2) is 4.39 Å². The van der Waals surface area contributed by atoms with E-state index in [9.17, 15) is 4.39 Å². The standard InChI is InChI=1S/C17H17FO/c1-11-5-3-6-12(2)17(11)19-16-10-9-15(18)13-7-4-8-14(13)16/h3,5-6,9-10H,4,7-8H2,1-2H3. The molecule has 1 nitrogen and oxygen atoms in total. The highest BCUT2D eigenvalue weighted by atomic mass is 19.1. The smallest absolute Gasteiger partial charge is 0.133 e. The highest BCUT2D eigenvalue weighted by molar-refractivity contribution is 5.49. The van der Waals surface area contributed by atoms with E-state index in [4.69, 9.17) is 4.74 Å². The maximum absolute atomic E-state index is 13.7. The van der Waals surface area contributed by atoms with Gasteiger partial charge >= 0.3 is 0 Å². The lowest BCUT2D eigenvalue weighted by Crippen LogP contribution is -1.96. The van der Waals surface area contributed by atoms with Crippen molar-refractivity contribution in [3.05, 3.63) is 58.4 Å². The first-order valence-electron chi connectivity index (χ1n) is 6.71. The largest absolute Gasteiger partial charge is 0.457 e. The molecule has 2 heteroatoms. The van der Waals surface area contributed by atoms with Crippen molar-refractivity contribution in [3.63, 3.8) is 0 Å². The van der Waals surface area contributed by atoms with Crippen molar-refractivity contribution in [1.29, 1.82) is 0 Å². The molecular formula is C17H17FO. The zero-order chi connectivity index (χ0) is 13.4. The molecule has 0 saturated heterocycles. The number of benzene rings is 2. The van der Waals surface area contributed by atoms with Gasteiger partial charge in [0.25, 0.3) is 0 Å². The van der Waals surface area contributed by atoms with Gasteiger partial charge in [0.2, 0.25) is 0 Å². The molecular weight excluding hydrogens is 239 g/mol. The van der Waals surface area contributed by atoms with E-state index < -0.39 is 0 Å². The van der Waals surface area contributed by atoms with Crippen molar-refractivity contribution in [2.45, 2.75) is 33.1 Å². The van der Waals surface area contributed by atoms with Gasteiger partial charge in [-0.15, -0.1) is 0 Å². The summed E-state index contributed by atoms with van der Waals surface area (Å²) in [6, 6.07) is 9.36. The van der Waals surface area contributed by atoms with E-state index in [1.54, 1.807) is 6.07 Å². The summed E-state index contributed by atoms with van der Waals surface area (Å²) >= 11 is 0. The molecule has 0 radical (unpaired) electrons. The lowest BCUT2D eigenvalue weighted by atomic mass is 10.1. The van der Waals surface area contributed by atoms with Crippen molar-refractivity contribution in [1.82, 2.24) is 0 Å². The molecule has 0 amide bonds. The number of hydrogen-bond donors (Lipinski definition) is 0. The Balaban J connectivity index is 2.03. The fraction of sp³-hybridized carbons (Fsp3) is 0.294.